The van der Waals surface area contributed by atoms with E-state index in [0.717, 1.165) is 30.4 Å². The van der Waals surface area contributed by atoms with Crippen LogP contribution in [0.3, 0.4) is 0 Å². The molecule has 0 bridgehead atoms. The van der Waals surface area contributed by atoms with Crippen molar-refractivity contribution in [3.05, 3.63) is 83.5 Å². The Bertz CT molecular complexity index is 1040. The van der Waals surface area contributed by atoms with Crippen molar-refractivity contribution < 1.29 is 0 Å². The van der Waals surface area contributed by atoms with Crippen molar-refractivity contribution in [2.24, 2.45) is 0 Å². The summed E-state index contributed by atoms with van der Waals surface area (Å²) < 4.78 is 0. The van der Waals surface area contributed by atoms with Gasteiger partial charge >= 0.3 is 0 Å². The number of rotatable bonds is 2. The molecule has 5 rings (SSSR count). The Morgan fingerprint density at radius 1 is 1.07 bits per heavy atom. The van der Waals surface area contributed by atoms with Crippen molar-refractivity contribution in [1.82, 2.24) is 4.98 Å². The van der Waals surface area contributed by atoms with Crippen molar-refractivity contribution >= 4 is 15.2 Å². The predicted octanol–water partition coefficient (Wildman–Crippen LogP) is 4.68. The summed E-state index contributed by atoms with van der Waals surface area (Å²) in [6.45, 7) is 0. The monoisotopic (exact) mass is 381 g/mol. The fraction of sp³-hybridized carbons (Fsp3) is 0.250. The fourth-order valence-corrected chi connectivity index (χ4v) is 7.41. The zero-order valence-electron chi connectivity index (χ0n) is 15.9. The lowest BCUT2D eigenvalue weighted by atomic mass is 9.93. The second-order valence-electron chi connectivity index (χ2n) is 7.75. The smallest absolute Gasteiger partial charge is 0.148 e. The van der Waals surface area contributed by atoms with Crippen LogP contribution in [0.4, 0.5) is 5.69 Å². The van der Waals surface area contributed by atoms with Crippen LogP contribution in [0.1, 0.15) is 31.4 Å². The quantitative estimate of drug-likeness (QED) is 0.560. The van der Waals surface area contributed by atoms with Gasteiger partial charge in [-0.15, -0.1) is 0 Å². The van der Waals surface area contributed by atoms with Gasteiger partial charge in [0.2, 0.25) is 0 Å². The van der Waals surface area contributed by atoms with Crippen molar-refractivity contribution in [3.63, 3.8) is 0 Å². The summed E-state index contributed by atoms with van der Waals surface area (Å²) in [5, 5.41) is 11.2. The van der Waals surface area contributed by atoms with Crippen LogP contribution in [0.5, 0.6) is 0 Å². The van der Waals surface area contributed by atoms with E-state index in [1.54, 1.807) is 11.4 Å². The van der Waals surface area contributed by atoms with Gasteiger partial charge in [0.1, 0.15) is 11.8 Å². The molecule has 138 valence electrons. The molecular formula is C24H23N3Si. The first-order chi connectivity index (χ1) is 13.9. The molecule has 1 aromatic heterocycles. The highest BCUT2D eigenvalue weighted by molar-refractivity contribution is 6.50. The predicted molar refractivity (Wildman–Crippen MR) is 117 cm³/mol. The largest absolute Gasteiger partial charge is 0.341 e. The molecule has 2 unspecified atom stereocenters. The van der Waals surface area contributed by atoms with Crippen molar-refractivity contribution in [2.75, 3.05) is 4.90 Å². The summed E-state index contributed by atoms with van der Waals surface area (Å²) in [5.74, 6) is 0. The molecule has 2 atom stereocenters. The van der Waals surface area contributed by atoms with E-state index in [1.807, 2.05) is 12.1 Å². The molecule has 0 saturated heterocycles. The standard InChI is InChI=1S/C24H23N3Si/c25-16-19-17(9-7-15-26-19)18-8-1-2-10-20(18)27-21-11-3-5-13-23(21)28-24-14-6-4-12-22(24)27/h1-2,5-10,13-15,21,23H,3-4,11-12,28H2. The number of nitriles is 1. The number of benzene rings is 1. The van der Waals surface area contributed by atoms with Gasteiger partial charge in [0, 0.05) is 34.8 Å². The molecule has 0 amide bonds. The highest BCUT2D eigenvalue weighted by atomic mass is 28.2. The minimum atomic E-state index is -0.302. The molecule has 28 heavy (non-hydrogen) atoms. The zero-order chi connectivity index (χ0) is 18.9. The number of pyridine rings is 1. The minimum Gasteiger partial charge on any atom is -0.341 e. The van der Waals surface area contributed by atoms with E-state index in [9.17, 15) is 5.26 Å². The van der Waals surface area contributed by atoms with Gasteiger partial charge in [-0.2, -0.15) is 5.26 Å². The molecule has 4 heteroatoms. The van der Waals surface area contributed by atoms with Gasteiger partial charge in [0.25, 0.3) is 0 Å². The molecule has 1 aliphatic heterocycles. The van der Waals surface area contributed by atoms with Gasteiger partial charge < -0.3 is 4.90 Å². The number of aromatic nitrogens is 1. The Morgan fingerprint density at radius 2 is 1.96 bits per heavy atom. The number of allylic oxidation sites excluding steroid dienone is 5. The van der Waals surface area contributed by atoms with Crippen molar-refractivity contribution in [2.45, 2.75) is 37.3 Å². The maximum Gasteiger partial charge on any atom is 0.148 e. The number of hydrogen-bond donors (Lipinski definition) is 0. The fourth-order valence-electron chi connectivity index (χ4n) is 4.97. The van der Waals surface area contributed by atoms with Crippen LogP contribution in [-0.2, 0) is 0 Å². The lowest BCUT2D eigenvalue weighted by Crippen LogP contribution is -2.45. The Hall–Kier alpha value is -2.90. The summed E-state index contributed by atoms with van der Waals surface area (Å²) in [7, 11) is -0.302. The Labute approximate surface area is 168 Å². The van der Waals surface area contributed by atoms with Gasteiger partial charge in [-0.1, -0.05) is 42.5 Å². The molecule has 0 fully saturated rings. The first-order valence-electron chi connectivity index (χ1n) is 10.2. The second kappa shape index (κ2) is 7.25. The van der Waals surface area contributed by atoms with Crippen LogP contribution in [0, 0.1) is 11.3 Å². The van der Waals surface area contributed by atoms with E-state index in [0.29, 0.717) is 17.3 Å². The summed E-state index contributed by atoms with van der Waals surface area (Å²) in [5.41, 5.74) is 5.99. The van der Waals surface area contributed by atoms with Crippen LogP contribution in [0.15, 0.2) is 77.8 Å². The lowest BCUT2D eigenvalue weighted by molar-refractivity contribution is 0.554. The molecule has 3 nitrogen and oxygen atoms in total. The third-order valence-corrected chi connectivity index (χ3v) is 8.56. The summed E-state index contributed by atoms with van der Waals surface area (Å²) >= 11 is 0. The van der Waals surface area contributed by atoms with Crippen LogP contribution >= 0.6 is 0 Å². The molecule has 2 aliphatic carbocycles. The third-order valence-electron chi connectivity index (χ3n) is 6.19. The number of fused-ring (bicyclic) bond motifs is 1. The zero-order valence-corrected chi connectivity index (χ0v) is 17.3. The van der Waals surface area contributed by atoms with Crippen LogP contribution in [0.25, 0.3) is 11.1 Å². The third kappa shape index (κ3) is 2.83. The topological polar surface area (TPSA) is 39.9 Å². The van der Waals surface area contributed by atoms with Gasteiger partial charge in [-0.25, -0.2) is 4.98 Å². The van der Waals surface area contributed by atoms with Crippen LogP contribution < -0.4 is 4.90 Å². The van der Waals surface area contributed by atoms with Crippen LogP contribution in [-0.4, -0.2) is 20.5 Å². The number of hydrogen-bond acceptors (Lipinski definition) is 3. The van der Waals surface area contributed by atoms with Gasteiger partial charge in [-0.05, 0) is 54.6 Å². The summed E-state index contributed by atoms with van der Waals surface area (Å²) in [6, 6.07) is 15.3. The molecule has 0 spiro atoms. The van der Waals surface area contributed by atoms with Gasteiger partial charge in [0.05, 0.1) is 9.52 Å². The Morgan fingerprint density at radius 3 is 2.89 bits per heavy atom. The van der Waals surface area contributed by atoms with E-state index in [2.05, 4.69) is 64.5 Å². The normalized spacial score (nSPS) is 24.0. The average Bonchev–Trinajstić information content (AvgIpc) is 2.77. The molecule has 0 N–H and O–H groups in total. The summed E-state index contributed by atoms with van der Waals surface area (Å²) in [4.78, 5) is 6.95. The minimum absolute atomic E-state index is 0.302. The molecule has 2 heterocycles. The van der Waals surface area contributed by atoms with E-state index in [1.165, 1.54) is 17.8 Å². The molecule has 3 aliphatic rings. The van der Waals surface area contributed by atoms with E-state index < -0.39 is 0 Å². The maximum absolute atomic E-state index is 9.61. The van der Waals surface area contributed by atoms with Crippen molar-refractivity contribution in [1.29, 1.82) is 5.26 Å². The number of nitrogens with zero attached hydrogens (tertiary/aromatic N) is 3. The van der Waals surface area contributed by atoms with Gasteiger partial charge in [0.15, 0.2) is 0 Å². The molecule has 2 aromatic rings. The maximum atomic E-state index is 9.61. The SMILES string of the molecule is N#Cc1ncccc1-c1ccccc1N1C2=C(C=CCC2)[SiH2]C2C=CCCC21. The number of anilines is 1. The first-order valence-corrected chi connectivity index (χ1v) is 11.7. The first kappa shape index (κ1) is 17.2. The summed E-state index contributed by atoms with van der Waals surface area (Å²) in [6.07, 6.45) is 15.9. The van der Waals surface area contributed by atoms with E-state index >= 15 is 0 Å². The molecule has 1 aromatic carbocycles. The number of para-hydroxylation sites is 1. The molecule has 0 saturated carbocycles. The van der Waals surface area contributed by atoms with Gasteiger partial charge in [-0.3, -0.25) is 0 Å². The molecule has 0 radical (unpaired) electrons. The van der Waals surface area contributed by atoms with Crippen molar-refractivity contribution in [3.8, 4) is 17.2 Å². The highest BCUT2D eigenvalue weighted by Crippen LogP contribution is 2.45. The lowest BCUT2D eigenvalue weighted by Gasteiger charge is -2.47. The second-order valence-corrected chi connectivity index (χ2v) is 9.87. The van der Waals surface area contributed by atoms with E-state index in [4.69, 9.17) is 0 Å². The Balaban J connectivity index is 1.71. The average molecular weight is 382 g/mol. The van der Waals surface area contributed by atoms with Crippen LogP contribution in [0.2, 0.25) is 5.54 Å². The van der Waals surface area contributed by atoms with E-state index in [-0.39, 0.29) is 9.52 Å². The Kier molecular flexibility index (Phi) is 4.46. The molecular weight excluding hydrogens is 358 g/mol. The highest BCUT2D eigenvalue weighted by Gasteiger charge is 2.37.